The molecule has 0 spiro atoms. The number of rotatable bonds is 4. The number of benzene rings is 1. The Morgan fingerprint density at radius 2 is 2.19 bits per heavy atom. The number of anilines is 1. The molecule has 1 aromatic rings. The summed E-state index contributed by atoms with van der Waals surface area (Å²) in [5, 5.41) is 2.94. The smallest absolute Gasteiger partial charge is 0.329 e. The summed E-state index contributed by atoms with van der Waals surface area (Å²) < 4.78 is 5.18. The van der Waals surface area contributed by atoms with Crippen molar-refractivity contribution >= 4 is 51.1 Å². The maximum atomic E-state index is 12.2. The summed E-state index contributed by atoms with van der Waals surface area (Å²) in [7, 11) is 1.27. The number of carbonyl (C=O) groups is 3. The molecule has 1 fully saturated rings. The molecule has 1 heterocycles. The lowest BCUT2D eigenvalue weighted by Crippen LogP contribution is -2.31. The highest BCUT2D eigenvalue weighted by Gasteiger charge is 2.39. The van der Waals surface area contributed by atoms with Crippen LogP contribution in [0.15, 0.2) is 22.7 Å². The summed E-state index contributed by atoms with van der Waals surface area (Å²) in [5.74, 6) is -0.843. The van der Waals surface area contributed by atoms with Gasteiger partial charge in [-0.15, -0.1) is 0 Å². The first kappa shape index (κ1) is 15.8. The van der Waals surface area contributed by atoms with Gasteiger partial charge in [0.2, 0.25) is 0 Å². The lowest BCUT2D eigenvalue weighted by molar-refractivity contribution is -0.140. The first-order valence-corrected chi connectivity index (χ1v) is 7.27. The Morgan fingerprint density at radius 1 is 1.48 bits per heavy atom. The molecule has 0 unspecified atom stereocenters. The van der Waals surface area contributed by atoms with E-state index in [0.717, 1.165) is 4.90 Å². The maximum Gasteiger partial charge on any atom is 0.329 e. The molecule has 1 aliphatic rings. The summed E-state index contributed by atoms with van der Waals surface area (Å²) in [6.07, 6.45) is 0.250. The maximum absolute atomic E-state index is 12.2. The molecule has 0 saturated carbocycles. The summed E-state index contributed by atoms with van der Waals surface area (Å²) in [5.41, 5.74) is 0.381. The molecule has 0 bridgehead atoms. The van der Waals surface area contributed by atoms with E-state index in [-0.39, 0.29) is 12.8 Å². The van der Waals surface area contributed by atoms with Crippen molar-refractivity contribution < 1.29 is 19.1 Å². The molecular weight excluding hydrogens is 364 g/mol. The van der Waals surface area contributed by atoms with E-state index >= 15 is 0 Å². The molecule has 21 heavy (non-hydrogen) atoms. The molecule has 1 saturated heterocycles. The van der Waals surface area contributed by atoms with Crippen molar-refractivity contribution in [3.63, 3.8) is 0 Å². The van der Waals surface area contributed by atoms with Crippen molar-refractivity contribution in [1.29, 1.82) is 0 Å². The molecule has 0 aliphatic carbocycles. The number of esters is 1. The standard InChI is InChI=1S/C13H12BrClN2O4/c1-21-11(18)5-4-10-12(19)17(13(20)16-10)7-2-3-8(14)9(15)6-7/h2-3,6,10H,4-5H2,1H3,(H,16,20)/t10-/m1/s1. The zero-order valence-electron chi connectivity index (χ0n) is 11.1. The number of methoxy groups -OCH3 is 1. The van der Waals surface area contributed by atoms with Gasteiger partial charge in [-0.2, -0.15) is 0 Å². The van der Waals surface area contributed by atoms with Gasteiger partial charge in [0.15, 0.2) is 0 Å². The minimum absolute atomic E-state index is 0.0577. The van der Waals surface area contributed by atoms with E-state index in [1.165, 1.54) is 13.2 Å². The van der Waals surface area contributed by atoms with E-state index in [4.69, 9.17) is 11.6 Å². The van der Waals surface area contributed by atoms with Crippen molar-refractivity contribution in [2.24, 2.45) is 0 Å². The fourth-order valence-electron chi connectivity index (χ4n) is 1.96. The summed E-state index contributed by atoms with van der Waals surface area (Å²) in [6.45, 7) is 0. The van der Waals surface area contributed by atoms with Crippen LogP contribution in [0.5, 0.6) is 0 Å². The summed E-state index contributed by atoms with van der Waals surface area (Å²) in [6, 6.07) is 3.51. The summed E-state index contributed by atoms with van der Waals surface area (Å²) >= 11 is 9.21. The Hall–Kier alpha value is -1.60. The van der Waals surface area contributed by atoms with Crippen molar-refractivity contribution in [3.8, 4) is 0 Å². The second kappa shape index (κ2) is 6.44. The van der Waals surface area contributed by atoms with Gasteiger partial charge in [-0.3, -0.25) is 9.59 Å². The van der Waals surface area contributed by atoms with Crippen molar-refractivity contribution in [2.45, 2.75) is 18.9 Å². The number of imide groups is 1. The molecule has 3 amide bonds. The zero-order chi connectivity index (χ0) is 15.6. The van der Waals surface area contributed by atoms with Gasteiger partial charge in [0.25, 0.3) is 5.91 Å². The van der Waals surface area contributed by atoms with Gasteiger partial charge in [0.05, 0.1) is 17.8 Å². The van der Waals surface area contributed by atoms with Gasteiger partial charge < -0.3 is 10.1 Å². The lowest BCUT2D eigenvalue weighted by atomic mass is 10.1. The number of carbonyl (C=O) groups excluding carboxylic acids is 3. The van der Waals surface area contributed by atoms with Crippen LogP contribution in [0.2, 0.25) is 5.02 Å². The predicted molar refractivity (Wildman–Crippen MR) is 80.2 cm³/mol. The molecule has 1 N–H and O–H groups in total. The normalized spacial score (nSPS) is 17.9. The first-order chi connectivity index (χ1) is 9.93. The molecule has 0 aromatic heterocycles. The van der Waals surface area contributed by atoms with Gasteiger partial charge in [-0.05, 0) is 40.5 Å². The van der Waals surface area contributed by atoms with E-state index in [1.54, 1.807) is 12.1 Å². The highest BCUT2D eigenvalue weighted by molar-refractivity contribution is 9.10. The highest BCUT2D eigenvalue weighted by atomic mass is 79.9. The number of halogens is 2. The first-order valence-electron chi connectivity index (χ1n) is 6.10. The van der Waals surface area contributed by atoms with Gasteiger partial charge >= 0.3 is 12.0 Å². The molecule has 1 atom stereocenters. The highest BCUT2D eigenvalue weighted by Crippen LogP contribution is 2.29. The fraction of sp³-hybridized carbons (Fsp3) is 0.308. The summed E-state index contributed by atoms with van der Waals surface area (Å²) in [4.78, 5) is 36.3. The number of ether oxygens (including phenoxy) is 1. The molecule has 112 valence electrons. The molecule has 1 aliphatic heterocycles. The van der Waals surface area contributed by atoms with Crippen LogP contribution in [0, 0.1) is 0 Å². The number of hydrogen-bond acceptors (Lipinski definition) is 4. The van der Waals surface area contributed by atoms with Crippen LogP contribution in [0.4, 0.5) is 10.5 Å². The molecule has 0 radical (unpaired) electrons. The fourth-order valence-corrected chi connectivity index (χ4v) is 2.38. The van der Waals surface area contributed by atoms with Crippen molar-refractivity contribution in [1.82, 2.24) is 5.32 Å². The largest absolute Gasteiger partial charge is 0.469 e. The third-order valence-corrected chi connectivity index (χ3v) is 4.28. The number of hydrogen-bond donors (Lipinski definition) is 1. The van der Waals surface area contributed by atoms with Crippen LogP contribution in [-0.4, -0.2) is 31.1 Å². The second-order valence-electron chi connectivity index (χ2n) is 4.39. The van der Waals surface area contributed by atoms with Crippen LogP contribution < -0.4 is 10.2 Å². The average Bonchev–Trinajstić information content (AvgIpc) is 2.74. The Labute approximate surface area is 134 Å². The number of urea groups is 1. The molecule has 1 aromatic carbocycles. The Balaban J connectivity index is 2.14. The SMILES string of the molecule is COC(=O)CC[C@H]1NC(=O)N(c2ccc(Br)c(Cl)c2)C1=O. The van der Waals surface area contributed by atoms with Gasteiger partial charge in [0.1, 0.15) is 6.04 Å². The van der Waals surface area contributed by atoms with Gasteiger partial charge in [-0.25, -0.2) is 9.69 Å². The second-order valence-corrected chi connectivity index (χ2v) is 5.65. The minimum atomic E-state index is -0.737. The van der Waals surface area contributed by atoms with Crippen LogP contribution in [0.25, 0.3) is 0 Å². The van der Waals surface area contributed by atoms with Gasteiger partial charge in [-0.1, -0.05) is 11.6 Å². The van der Waals surface area contributed by atoms with E-state index in [1.807, 2.05) is 0 Å². The minimum Gasteiger partial charge on any atom is -0.469 e. The van der Waals surface area contributed by atoms with Crippen LogP contribution in [-0.2, 0) is 14.3 Å². The third-order valence-electron chi connectivity index (χ3n) is 3.05. The van der Waals surface area contributed by atoms with Crippen LogP contribution in [0.3, 0.4) is 0 Å². The third kappa shape index (κ3) is 3.36. The Kier molecular flexibility index (Phi) is 4.84. The Morgan fingerprint density at radius 3 is 2.81 bits per heavy atom. The monoisotopic (exact) mass is 374 g/mol. The average molecular weight is 376 g/mol. The molecular formula is C13H12BrClN2O4. The van der Waals surface area contributed by atoms with E-state index in [0.29, 0.717) is 15.2 Å². The van der Waals surface area contributed by atoms with Gasteiger partial charge in [0, 0.05) is 10.9 Å². The van der Waals surface area contributed by atoms with Crippen LogP contribution in [0.1, 0.15) is 12.8 Å². The quantitative estimate of drug-likeness (QED) is 0.648. The number of nitrogens with zero attached hydrogens (tertiary/aromatic N) is 1. The molecule has 2 rings (SSSR count). The zero-order valence-corrected chi connectivity index (χ0v) is 13.4. The predicted octanol–water partition coefficient (Wildman–Crippen LogP) is 2.48. The Bertz CT molecular complexity index is 608. The van der Waals surface area contributed by atoms with Crippen LogP contribution >= 0.6 is 27.5 Å². The van der Waals surface area contributed by atoms with E-state index in [9.17, 15) is 14.4 Å². The molecule has 6 nitrogen and oxygen atoms in total. The van der Waals surface area contributed by atoms with Crippen molar-refractivity contribution in [3.05, 3.63) is 27.7 Å². The van der Waals surface area contributed by atoms with Crippen molar-refractivity contribution in [2.75, 3.05) is 12.0 Å². The number of nitrogens with one attached hydrogen (secondary N) is 1. The number of amides is 3. The van der Waals surface area contributed by atoms with E-state index in [2.05, 4.69) is 26.0 Å². The molecule has 8 heteroatoms. The lowest BCUT2D eigenvalue weighted by Gasteiger charge is -2.13. The van der Waals surface area contributed by atoms with E-state index < -0.39 is 23.9 Å². The topological polar surface area (TPSA) is 75.7 Å².